The van der Waals surface area contributed by atoms with Crippen LogP contribution < -0.4 is 9.64 Å². The largest absolute Gasteiger partial charge is 0.481 e. The van der Waals surface area contributed by atoms with Crippen molar-refractivity contribution < 1.29 is 19.4 Å². The number of hydrogen-bond donors (Lipinski definition) is 1. The van der Waals surface area contributed by atoms with Gasteiger partial charge in [-0.2, -0.15) is 0 Å². The van der Waals surface area contributed by atoms with Crippen LogP contribution in [0.25, 0.3) is 0 Å². The van der Waals surface area contributed by atoms with Crippen LogP contribution in [0.15, 0.2) is 12.3 Å². The molecule has 1 heterocycles. The van der Waals surface area contributed by atoms with Gasteiger partial charge in [-0.15, -0.1) is 0 Å². The highest BCUT2D eigenvalue weighted by atomic mass is 16.6. The standard InChI is InChI=1S/C16H27N3O4/c1-16(2,3)23-15(21)19(6)12-8-11(9-13(20)18(4)5)14(22-7)17-10-12/h8,10,13,20H,9H2,1-7H3. The Morgan fingerprint density at radius 2 is 1.96 bits per heavy atom. The zero-order valence-electron chi connectivity index (χ0n) is 15.0. The summed E-state index contributed by atoms with van der Waals surface area (Å²) in [5.74, 6) is 0.423. The lowest BCUT2D eigenvalue weighted by Crippen LogP contribution is -2.34. The molecule has 1 rings (SSSR count). The number of nitrogens with zero attached hydrogens (tertiary/aromatic N) is 3. The molecule has 7 nitrogen and oxygen atoms in total. The van der Waals surface area contributed by atoms with Crippen molar-refractivity contribution in [2.24, 2.45) is 0 Å². The van der Waals surface area contributed by atoms with Gasteiger partial charge < -0.3 is 14.6 Å². The Morgan fingerprint density at radius 3 is 2.43 bits per heavy atom. The lowest BCUT2D eigenvalue weighted by Gasteiger charge is -2.25. The van der Waals surface area contributed by atoms with Gasteiger partial charge in [-0.3, -0.25) is 9.80 Å². The van der Waals surface area contributed by atoms with Gasteiger partial charge in [-0.25, -0.2) is 9.78 Å². The molecule has 0 spiro atoms. The predicted molar refractivity (Wildman–Crippen MR) is 88.8 cm³/mol. The summed E-state index contributed by atoms with van der Waals surface area (Å²) in [4.78, 5) is 19.4. The summed E-state index contributed by atoms with van der Waals surface area (Å²) < 4.78 is 10.6. The van der Waals surface area contributed by atoms with E-state index < -0.39 is 17.9 Å². The summed E-state index contributed by atoms with van der Waals surface area (Å²) in [5, 5.41) is 10.0. The third-order valence-corrected chi connectivity index (χ3v) is 3.16. The van der Waals surface area contributed by atoms with Gasteiger partial charge in [0.25, 0.3) is 0 Å². The van der Waals surface area contributed by atoms with Gasteiger partial charge in [0, 0.05) is 19.0 Å². The normalized spacial score (nSPS) is 12.9. The molecule has 1 amide bonds. The minimum absolute atomic E-state index is 0.333. The van der Waals surface area contributed by atoms with E-state index in [0.29, 0.717) is 23.6 Å². The van der Waals surface area contributed by atoms with E-state index in [0.717, 1.165) is 0 Å². The first-order valence-corrected chi connectivity index (χ1v) is 7.39. The average molecular weight is 325 g/mol. The average Bonchev–Trinajstić information content (AvgIpc) is 2.44. The van der Waals surface area contributed by atoms with E-state index in [1.54, 1.807) is 32.1 Å². The Balaban J connectivity index is 3.02. The highest BCUT2D eigenvalue weighted by molar-refractivity contribution is 5.87. The van der Waals surface area contributed by atoms with Crippen LogP contribution in [0.5, 0.6) is 5.88 Å². The molecule has 1 unspecified atom stereocenters. The van der Waals surface area contributed by atoms with Gasteiger partial charge in [0.15, 0.2) is 0 Å². The van der Waals surface area contributed by atoms with E-state index in [9.17, 15) is 9.90 Å². The van der Waals surface area contributed by atoms with Crippen LogP contribution in [0.3, 0.4) is 0 Å². The van der Waals surface area contributed by atoms with E-state index in [4.69, 9.17) is 9.47 Å². The van der Waals surface area contributed by atoms with Crippen molar-refractivity contribution >= 4 is 11.8 Å². The molecular weight excluding hydrogens is 298 g/mol. The number of methoxy groups -OCH3 is 1. The van der Waals surface area contributed by atoms with E-state index >= 15 is 0 Å². The van der Waals surface area contributed by atoms with Crippen molar-refractivity contribution in [2.45, 2.75) is 39.0 Å². The van der Waals surface area contributed by atoms with Gasteiger partial charge in [0.05, 0.1) is 19.0 Å². The van der Waals surface area contributed by atoms with Crippen molar-refractivity contribution in [2.75, 3.05) is 33.2 Å². The molecule has 0 bridgehead atoms. The maximum Gasteiger partial charge on any atom is 0.414 e. The van der Waals surface area contributed by atoms with E-state index in [2.05, 4.69) is 4.98 Å². The molecule has 1 aromatic rings. The van der Waals surface area contributed by atoms with Gasteiger partial charge in [0.1, 0.15) is 11.8 Å². The van der Waals surface area contributed by atoms with Gasteiger partial charge in [-0.05, 0) is 40.9 Å². The molecule has 1 aromatic heterocycles. The van der Waals surface area contributed by atoms with Crippen LogP contribution in [0.2, 0.25) is 0 Å². The molecule has 7 heteroatoms. The van der Waals surface area contributed by atoms with Crippen molar-refractivity contribution in [1.29, 1.82) is 0 Å². The minimum atomic E-state index is -0.673. The molecule has 1 atom stereocenters. The summed E-state index contributed by atoms with van der Waals surface area (Å²) in [6.45, 7) is 5.43. The predicted octanol–water partition coefficient (Wildman–Crippen LogP) is 1.88. The number of aromatic nitrogens is 1. The topological polar surface area (TPSA) is 75.1 Å². The Labute approximate surface area is 137 Å². The Morgan fingerprint density at radius 1 is 1.35 bits per heavy atom. The Kier molecular flexibility index (Phi) is 6.35. The molecule has 0 fully saturated rings. The SMILES string of the molecule is COc1ncc(N(C)C(=O)OC(C)(C)C)cc1CC(O)N(C)C. The second-order valence-corrected chi connectivity index (χ2v) is 6.55. The summed E-state index contributed by atoms with van der Waals surface area (Å²) in [5.41, 5.74) is 0.706. The van der Waals surface area contributed by atoms with Gasteiger partial charge in [0.2, 0.25) is 5.88 Å². The van der Waals surface area contributed by atoms with Crippen molar-refractivity contribution in [3.63, 3.8) is 0 Å². The Hall–Kier alpha value is -1.86. The zero-order chi connectivity index (χ0) is 17.8. The number of carbonyl (C=O) groups excluding carboxylic acids is 1. The highest BCUT2D eigenvalue weighted by Crippen LogP contribution is 2.24. The van der Waals surface area contributed by atoms with Gasteiger partial charge in [-0.1, -0.05) is 0 Å². The van der Waals surface area contributed by atoms with E-state index in [-0.39, 0.29) is 0 Å². The number of hydrogen-bond acceptors (Lipinski definition) is 6. The van der Waals surface area contributed by atoms with Crippen molar-refractivity contribution in [3.05, 3.63) is 17.8 Å². The molecule has 0 saturated carbocycles. The van der Waals surface area contributed by atoms with Crippen molar-refractivity contribution in [1.82, 2.24) is 9.88 Å². The molecule has 0 aromatic carbocycles. The molecule has 0 aliphatic carbocycles. The number of ether oxygens (including phenoxy) is 2. The smallest absolute Gasteiger partial charge is 0.414 e. The van der Waals surface area contributed by atoms with E-state index in [1.807, 2.05) is 20.8 Å². The number of carbonyl (C=O) groups is 1. The molecule has 1 N–H and O–H groups in total. The molecule has 0 saturated heterocycles. The van der Waals surface area contributed by atoms with Crippen LogP contribution in [-0.2, 0) is 11.2 Å². The number of anilines is 1. The first kappa shape index (κ1) is 19.2. The monoisotopic (exact) mass is 325 g/mol. The van der Waals surface area contributed by atoms with Gasteiger partial charge >= 0.3 is 6.09 Å². The first-order valence-electron chi connectivity index (χ1n) is 7.39. The summed E-state index contributed by atoms with van der Waals surface area (Å²) in [6, 6.07) is 1.77. The first-order chi connectivity index (χ1) is 10.5. The second kappa shape index (κ2) is 7.61. The fraction of sp³-hybridized carbons (Fsp3) is 0.625. The third-order valence-electron chi connectivity index (χ3n) is 3.16. The second-order valence-electron chi connectivity index (χ2n) is 6.55. The van der Waals surface area contributed by atoms with Crippen LogP contribution >= 0.6 is 0 Å². The fourth-order valence-corrected chi connectivity index (χ4v) is 1.81. The molecular formula is C16H27N3O4. The highest BCUT2D eigenvalue weighted by Gasteiger charge is 2.22. The number of likely N-dealkylation sites (N-methyl/N-ethyl adjacent to an activating group) is 1. The maximum absolute atomic E-state index is 12.1. The molecule has 130 valence electrons. The van der Waals surface area contributed by atoms with E-state index in [1.165, 1.54) is 18.2 Å². The van der Waals surface area contributed by atoms with Crippen LogP contribution in [-0.4, -0.2) is 61.2 Å². The number of rotatable bonds is 5. The number of aliphatic hydroxyl groups is 1. The molecule has 23 heavy (non-hydrogen) atoms. The summed E-state index contributed by atoms with van der Waals surface area (Å²) >= 11 is 0. The van der Waals surface area contributed by atoms with Crippen LogP contribution in [0.1, 0.15) is 26.3 Å². The van der Waals surface area contributed by atoms with Crippen LogP contribution in [0.4, 0.5) is 10.5 Å². The Bertz CT molecular complexity index is 541. The third kappa shape index (κ3) is 5.69. The minimum Gasteiger partial charge on any atom is -0.481 e. The van der Waals surface area contributed by atoms with Crippen molar-refractivity contribution in [3.8, 4) is 5.88 Å². The molecule has 0 radical (unpaired) electrons. The summed E-state index contributed by atoms with van der Waals surface area (Å²) in [7, 11) is 6.69. The number of pyridine rings is 1. The number of aliphatic hydroxyl groups excluding tert-OH is 1. The zero-order valence-corrected chi connectivity index (χ0v) is 15.0. The molecule has 0 aliphatic heterocycles. The lowest BCUT2D eigenvalue weighted by molar-refractivity contribution is 0.0407. The quantitative estimate of drug-likeness (QED) is 0.833. The molecule has 0 aliphatic rings. The fourth-order valence-electron chi connectivity index (χ4n) is 1.81. The number of amides is 1. The lowest BCUT2D eigenvalue weighted by atomic mass is 10.1. The maximum atomic E-state index is 12.1. The van der Waals surface area contributed by atoms with Crippen LogP contribution in [0, 0.1) is 0 Å². The summed E-state index contributed by atoms with van der Waals surface area (Å²) in [6.07, 6.45) is 0.726.